The summed E-state index contributed by atoms with van der Waals surface area (Å²) in [5.41, 5.74) is 2.01. The molecule has 1 N–H and O–H groups in total. The van der Waals surface area contributed by atoms with Gasteiger partial charge in [-0.15, -0.1) is 11.3 Å². The minimum atomic E-state index is 0.0893. The highest BCUT2D eigenvalue weighted by atomic mass is 32.1. The second-order valence-electron chi connectivity index (χ2n) is 6.75. The number of hydrogen-bond acceptors (Lipinski definition) is 4. The average Bonchev–Trinajstić information content (AvgIpc) is 3.09. The van der Waals surface area contributed by atoms with Gasteiger partial charge in [-0.3, -0.25) is 9.69 Å². The van der Waals surface area contributed by atoms with Crippen molar-refractivity contribution in [1.82, 2.24) is 14.9 Å². The molecule has 2 aromatic rings. The van der Waals surface area contributed by atoms with Gasteiger partial charge in [0.2, 0.25) is 0 Å². The molecule has 23 heavy (non-hydrogen) atoms. The van der Waals surface area contributed by atoms with Crippen LogP contribution in [-0.4, -0.2) is 21.4 Å². The summed E-state index contributed by atoms with van der Waals surface area (Å²) in [6.45, 7) is 2.65. The maximum atomic E-state index is 12.6. The lowest BCUT2D eigenvalue weighted by atomic mass is 9.88. The lowest BCUT2D eigenvalue weighted by Crippen LogP contribution is -2.36. The van der Waals surface area contributed by atoms with Crippen molar-refractivity contribution in [3.05, 3.63) is 49.8 Å². The van der Waals surface area contributed by atoms with Gasteiger partial charge in [0, 0.05) is 36.9 Å². The summed E-state index contributed by atoms with van der Waals surface area (Å²) in [4.78, 5) is 24.2. The molecule has 0 radical (unpaired) electrons. The zero-order chi connectivity index (χ0) is 15.6. The zero-order valence-electron chi connectivity index (χ0n) is 13.4. The van der Waals surface area contributed by atoms with Gasteiger partial charge >= 0.3 is 0 Å². The Balaban J connectivity index is 1.54. The van der Waals surface area contributed by atoms with Gasteiger partial charge in [-0.25, -0.2) is 4.98 Å². The number of H-pyrrole nitrogens is 1. The highest BCUT2D eigenvalue weighted by Crippen LogP contribution is 2.30. The summed E-state index contributed by atoms with van der Waals surface area (Å²) in [6, 6.07) is 4.25. The summed E-state index contributed by atoms with van der Waals surface area (Å²) >= 11 is 1.78. The number of aromatic amines is 1. The second kappa shape index (κ2) is 6.57. The first kappa shape index (κ1) is 15.1. The highest BCUT2D eigenvalue weighted by Gasteiger charge is 2.24. The van der Waals surface area contributed by atoms with Crippen molar-refractivity contribution in [3.8, 4) is 0 Å². The Morgan fingerprint density at radius 2 is 2.17 bits per heavy atom. The summed E-state index contributed by atoms with van der Waals surface area (Å²) in [5, 5.41) is 2.11. The fourth-order valence-electron chi connectivity index (χ4n) is 3.83. The smallest absolute Gasteiger partial charge is 0.255 e. The van der Waals surface area contributed by atoms with Crippen LogP contribution in [0.25, 0.3) is 0 Å². The van der Waals surface area contributed by atoms with E-state index >= 15 is 0 Å². The molecule has 1 saturated carbocycles. The van der Waals surface area contributed by atoms with Crippen molar-refractivity contribution in [2.75, 3.05) is 6.54 Å². The molecule has 0 bridgehead atoms. The van der Waals surface area contributed by atoms with Crippen LogP contribution in [0.1, 0.15) is 60.0 Å². The predicted octanol–water partition coefficient (Wildman–Crippen LogP) is 3.44. The zero-order valence-corrected chi connectivity index (χ0v) is 14.2. The van der Waals surface area contributed by atoms with E-state index in [-0.39, 0.29) is 5.56 Å². The molecule has 1 aliphatic heterocycles. The Morgan fingerprint density at radius 3 is 2.96 bits per heavy atom. The fourth-order valence-corrected chi connectivity index (χ4v) is 4.57. The van der Waals surface area contributed by atoms with Crippen molar-refractivity contribution in [3.63, 3.8) is 0 Å². The van der Waals surface area contributed by atoms with E-state index in [0.29, 0.717) is 5.92 Å². The second-order valence-corrected chi connectivity index (χ2v) is 7.78. The van der Waals surface area contributed by atoms with Crippen molar-refractivity contribution in [1.29, 1.82) is 0 Å². The third kappa shape index (κ3) is 3.26. The SMILES string of the molecule is O=c1[nH]c(C2CCCCC2)nc2c1CN(Cc1cccs1)CC2. The number of aromatic nitrogens is 2. The molecule has 2 aromatic heterocycles. The van der Waals surface area contributed by atoms with Gasteiger partial charge in [0.25, 0.3) is 5.56 Å². The first-order valence-electron chi connectivity index (χ1n) is 8.66. The topological polar surface area (TPSA) is 49.0 Å². The van der Waals surface area contributed by atoms with Gasteiger partial charge in [-0.05, 0) is 24.3 Å². The molecule has 1 aliphatic carbocycles. The van der Waals surface area contributed by atoms with Gasteiger partial charge in [-0.2, -0.15) is 0 Å². The minimum Gasteiger partial charge on any atom is -0.310 e. The van der Waals surface area contributed by atoms with Crippen LogP contribution in [0.3, 0.4) is 0 Å². The molecular formula is C18H23N3OS. The molecule has 122 valence electrons. The number of thiophene rings is 1. The Kier molecular flexibility index (Phi) is 4.31. The molecule has 4 nitrogen and oxygen atoms in total. The van der Waals surface area contributed by atoms with Crippen molar-refractivity contribution in [2.24, 2.45) is 0 Å². The molecule has 4 rings (SSSR count). The summed E-state index contributed by atoms with van der Waals surface area (Å²) in [6.07, 6.45) is 7.09. The maximum absolute atomic E-state index is 12.6. The molecule has 2 aliphatic rings. The van der Waals surface area contributed by atoms with Crippen LogP contribution in [-0.2, 0) is 19.5 Å². The average molecular weight is 329 g/mol. The Morgan fingerprint density at radius 1 is 1.30 bits per heavy atom. The van der Waals surface area contributed by atoms with Crippen LogP contribution in [0.2, 0.25) is 0 Å². The van der Waals surface area contributed by atoms with E-state index in [0.717, 1.165) is 43.1 Å². The lowest BCUT2D eigenvalue weighted by Gasteiger charge is -2.28. The van der Waals surface area contributed by atoms with E-state index < -0.39 is 0 Å². The first-order chi connectivity index (χ1) is 11.3. The standard InChI is InChI=1S/C18H23N3OS/c22-18-15-12-21(11-14-7-4-10-23-14)9-8-16(15)19-17(20-18)13-5-2-1-3-6-13/h4,7,10,13H,1-3,5-6,8-9,11-12H2,(H,19,20,22). The Labute approximate surface area is 140 Å². The third-order valence-electron chi connectivity index (χ3n) is 5.12. The van der Waals surface area contributed by atoms with Gasteiger partial charge < -0.3 is 4.98 Å². The van der Waals surface area contributed by atoms with E-state index in [9.17, 15) is 4.79 Å². The van der Waals surface area contributed by atoms with Crippen LogP contribution in [0.4, 0.5) is 0 Å². The molecule has 0 amide bonds. The van der Waals surface area contributed by atoms with E-state index in [1.807, 2.05) is 0 Å². The molecule has 0 unspecified atom stereocenters. The molecule has 1 fully saturated rings. The molecule has 0 spiro atoms. The third-order valence-corrected chi connectivity index (χ3v) is 5.98. The molecule has 0 atom stereocenters. The number of hydrogen-bond donors (Lipinski definition) is 1. The normalized spacial score (nSPS) is 19.7. The molecule has 0 saturated heterocycles. The van der Waals surface area contributed by atoms with E-state index in [1.165, 1.54) is 37.0 Å². The quantitative estimate of drug-likeness (QED) is 0.938. The van der Waals surface area contributed by atoms with Crippen LogP contribution in [0, 0.1) is 0 Å². The number of nitrogens with one attached hydrogen (secondary N) is 1. The van der Waals surface area contributed by atoms with Gasteiger partial charge in [0.15, 0.2) is 0 Å². The summed E-state index contributed by atoms with van der Waals surface area (Å²) in [5.74, 6) is 1.41. The molecule has 0 aromatic carbocycles. The molecular weight excluding hydrogens is 306 g/mol. The summed E-state index contributed by atoms with van der Waals surface area (Å²) < 4.78 is 0. The summed E-state index contributed by atoms with van der Waals surface area (Å²) in [7, 11) is 0. The van der Waals surface area contributed by atoms with Gasteiger partial charge in [-0.1, -0.05) is 25.3 Å². The number of nitrogens with zero attached hydrogens (tertiary/aromatic N) is 2. The van der Waals surface area contributed by atoms with Gasteiger partial charge in [0.05, 0.1) is 11.3 Å². The van der Waals surface area contributed by atoms with E-state index in [2.05, 4.69) is 27.4 Å². The predicted molar refractivity (Wildman–Crippen MR) is 92.8 cm³/mol. The van der Waals surface area contributed by atoms with Crippen LogP contribution in [0.5, 0.6) is 0 Å². The minimum absolute atomic E-state index is 0.0893. The van der Waals surface area contributed by atoms with E-state index in [4.69, 9.17) is 4.98 Å². The highest BCUT2D eigenvalue weighted by molar-refractivity contribution is 7.09. The van der Waals surface area contributed by atoms with Crippen molar-refractivity contribution in [2.45, 2.75) is 57.5 Å². The van der Waals surface area contributed by atoms with E-state index in [1.54, 1.807) is 11.3 Å². The number of rotatable bonds is 3. The maximum Gasteiger partial charge on any atom is 0.255 e. The lowest BCUT2D eigenvalue weighted by molar-refractivity contribution is 0.243. The Hall–Kier alpha value is -1.46. The fraction of sp³-hybridized carbons (Fsp3) is 0.556. The van der Waals surface area contributed by atoms with Gasteiger partial charge in [0.1, 0.15) is 5.82 Å². The van der Waals surface area contributed by atoms with Crippen LogP contribution in [0.15, 0.2) is 22.3 Å². The van der Waals surface area contributed by atoms with Crippen LogP contribution >= 0.6 is 11.3 Å². The molecule has 3 heterocycles. The van der Waals surface area contributed by atoms with Crippen LogP contribution < -0.4 is 5.56 Å². The number of fused-ring (bicyclic) bond motifs is 1. The van der Waals surface area contributed by atoms with Crippen molar-refractivity contribution < 1.29 is 0 Å². The Bertz CT molecular complexity index is 716. The largest absolute Gasteiger partial charge is 0.310 e. The monoisotopic (exact) mass is 329 g/mol. The van der Waals surface area contributed by atoms with Crippen molar-refractivity contribution >= 4 is 11.3 Å². The first-order valence-corrected chi connectivity index (χ1v) is 9.54. The molecule has 5 heteroatoms.